The van der Waals surface area contributed by atoms with Crippen molar-refractivity contribution in [3.8, 4) is 0 Å². The van der Waals surface area contributed by atoms with E-state index in [1.54, 1.807) is 0 Å². The second kappa shape index (κ2) is 5.80. The van der Waals surface area contributed by atoms with Crippen molar-refractivity contribution in [1.29, 1.82) is 0 Å². The van der Waals surface area contributed by atoms with E-state index in [2.05, 4.69) is 43.7 Å². The summed E-state index contributed by atoms with van der Waals surface area (Å²) in [5.74, 6) is 2.88. The van der Waals surface area contributed by atoms with Crippen molar-refractivity contribution in [3.05, 3.63) is 41.2 Å². The molecule has 0 amide bonds. The Balaban J connectivity index is 1.44. The van der Waals surface area contributed by atoms with Crippen molar-refractivity contribution in [2.45, 2.75) is 51.6 Å². The molecule has 2 aromatic rings. The van der Waals surface area contributed by atoms with Crippen molar-refractivity contribution in [2.24, 2.45) is 0 Å². The van der Waals surface area contributed by atoms with Crippen LogP contribution in [0.1, 0.15) is 48.1 Å². The first-order chi connectivity index (χ1) is 10.8. The van der Waals surface area contributed by atoms with Crippen molar-refractivity contribution in [2.75, 3.05) is 13.1 Å². The number of fused-ring (bicyclic) bond motifs is 1. The van der Waals surface area contributed by atoms with E-state index in [-0.39, 0.29) is 0 Å². The third kappa shape index (κ3) is 2.65. The molecule has 5 heteroatoms. The zero-order chi connectivity index (χ0) is 14.9. The molecular weight excluding hydrogens is 274 g/mol. The molecule has 2 aliphatic heterocycles. The lowest BCUT2D eigenvalue weighted by molar-refractivity contribution is 0.308. The van der Waals surface area contributed by atoms with Gasteiger partial charge >= 0.3 is 0 Å². The third-order valence-corrected chi connectivity index (χ3v) is 4.93. The number of pyridine rings is 1. The first-order valence-electron chi connectivity index (χ1n) is 8.35. The molecule has 4 heterocycles. The molecule has 116 valence electrons. The van der Waals surface area contributed by atoms with Crippen LogP contribution in [0.2, 0.25) is 0 Å². The maximum Gasteiger partial charge on any atom is 0.147 e. The predicted molar refractivity (Wildman–Crippen MR) is 84.6 cm³/mol. The minimum Gasteiger partial charge on any atom is -0.314 e. The van der Waals surface area contributed by atoms with E-state index in [1.165, 1.54) is 36.3 Å². The molecular formula is C17H23N5. The molecule has 4 rings (SSSR count). The molecule has 0 N–H and O–H groups in total. The van der Waals surface area contributed by atoms with Gasteiger partial charge in [0.15, 0.2) is 0 Å². The van der Waals surface area contributed by atoms with Crippen LogP contribution < -0.4 is 0 Å². The molecule has 0 spiro atoms. The lowest BCUT2D eigenvalue weighted by Gasteiger charge is -2.19. The van der Waals surface area contributed by atoms with Gasteiger partial charge in [-0.2, -0.15) is 0 Å². The molecule has 1 atom stereocenters. The van der Waals surface area contributed by atoms with Gasteiger partial charge in [-0.05, 0) is 50.4 Å². The average Bonchev–Trinajstić information content (AvgIpc) is 3.16. The molecule has 0 aromatic carbocycles. The van der Waals surface area contributed by atoms with Crippen molar-refractivity contribution >= 4 is 0 Å². The minimum atomic E-state index is 0.559. The van der Waals surface area contributed by atoms with Gasteiger partial charge in [0.2, 0.25) is 0 Å². The van der Waals surface area contributed by atoms with E-state index in [9.17, 15) is 0 Å². The second-order valence-electron chi connectivity index (χ2n) is 6.62. The normalized spacial score (nSPS) is 22.0. The number of hydrogen-bond donors (Lipinski definition) is 0. The molecule has 1 unspecified atom stereocenters. The van der Waals surface area contributed by atoms with Gasteiger partial charge in [-0.3, -0.25) is 9.88 Å². The molecule has 0 bridgehead atoms. The van der Waals surface area contributed by atoms with Crippen LogP contribution in [-0.4, -0.2) is 37.7 Å². The van der Waals surface area contributed by atoms with Crippen molar-refractivity contribution in [1.82, 2.24) is 24.6 Å². The Morgan fingerprint density at radius 3 is 3.09 bits per heavy atom. The quantitative estimate of drug-likeness (QED) is 0.872. The lowest BCUT2D eigenvalue weighted by atomic mass is 10.0. The molecule has 2 aliphatic rings. The molecule has 0 aliphatic carbocycles. The fourth-order valence-corrected chi connectivity index (χ4v) is 3.69. The Hall–Kier alpha value is -1.75. The molecule has 0 radical (unpaired) electrons. The van der Waals surface area contributed by atoms with Gasteiger partial charge < -0.3 is 4.57 Å². The summed E-state index contributed by atoms with van der Waals surface area (Å²) >= 11 is 0. The fraction of sp³-hybridized carbons (Fsp3) is 0.588. The first-order valence-corrected chi connectivity index (χ1v) is 8.35. The van der Waals surface area contributed by atoms with E-state index in [0.717, 1.165) is 38.4 Å². The van der Waals surface area contributed by atoms with Gasteiger partial charge in [0.1, 0.15) is 11.6 Å². The van der Waals surface area contributed by atoms with Crippen LogP contribution in [0, 0.1) is 6.92 Å². The monoisotopic (exact) mass is 297 g/mol. The number of likely N-dealkylation sites (tertiary alicyclic amines) is 1. The summed E-state index contributed by atoms with van der Waals surface area (Å²) in [6.45, 7) is 6.37. The molecule has 5 nitrogen and oxygen atoms in total. The third-order valence-electron chi connectivity index (χ3n) is 4.93. The summed E-state index contributed by atoms with van der Waals surface area (Å²) in [6, 6.07) is 4.30. The highest BCUT2D eigenvalue weighted by molar-refractivity contribution is 5.19. The maximum atomic E-state index is 4.56. The van der Waals surface area contributed by atoms with Gasteiger partial charge in [0.25, 0.3) is 0 Å². The Labute approximate surface area is 131 Å². The van der Waals surface area contributed by atoms with Crippen LogP contribution in [0.3, 0.4) is 0 Å². The minimum absolute atomic E-state index is 0.559. The average molecular weight is 297 g/mol. The van der Waals surface area contributed by atoms with Crippen LogP contribution >= 0.6 is 0 Å². The van der Waals surface area contributed by atoms with E-state index < -0.39 is 0 Å². The highest BCUT2D eigenvalue weighted by Gasteiger charge is 2.26. The van der Waals surface area contributed by atoms with Crippen LogP contribution in [-0.2, 0) is 19.5 Å². The maximum absolute atomic E-state index is 4.56. The number of rotatable bonds is 3. The largest absolute Gasteiger partial charge is 0.314 e. The first kappa shape index (κ1) is 13.9. The standard InChI is InChI=1S/C17H23N5/c1-13-5-7-18-15(10-13)14-6-9-21(11-14)12-17-20-19-16-4-2-3-8-22(16)17/h5,7,10,14H,2-4,6,8-9,11-12H2,1H3. The van der Waals surface area contributed by atoms with Crippen LogP contribution in [0.25, 0.3) is 0 Å². The summed E-state index contributed by atoms with van der Waals surface area (Å²) in [7, 11) is 0. The molecule has 1 fully saturated rings. The van der Waals surface area contributed by atoms with E-state index >= 15 is 0 Å². The number of nitrogens with zero attached hydrogens (tertiary/aromatic N) is 5. The lowest BCUT2D eigenvalue weighted by Crippen LogP contribution is -2.23. The van der Waals surface area contributed by atoms with Crippen molar-refractivity contribution in [3.63, 3.8) is 0 Å². The molecule has 22 heavy (non-hydrogen) atoms. The molecule has 1 saturated heterocycles. The zero-order valence-electron chi connectivity index (χ0n) is 13.2. The van der Waals surface area contributed by atoms with Gasteiger partial charge in [0.05, 0.1) is 6.54 Å². The summed E-state index contributed by atoms with van der Waals surface area (Å²) in [5.41, 5.74) is 2.54. The second-order valence-corrected chi connectivity index (χ2v) is 6.62. The van der Waals surface area contributed by atoms with Crippen LogP contribution in [0.5, 0.6) is 0 Å². The summed E-state index contributed by atoms with van der Waals surface area (Å²) in [4.78, 5) is 7.06. The van der Waals surface area contributed by atoms with Crippen LogP contribution in [0.4, 0.5) is 0 Å². The highest BCUT2D eigenvalue weighted by Crippen LogP contribution is 2.27. The smallest absolute Gasteiger partial charge is 0.147 e. The summed E-state index contributed by atoms with van der Waals surface area (Å²) in [5, 5.41) is 8.79. The highest BCUT2D eigenvalue weighted by atomic mass is 15.3. The Bertz CT molecular complexity index is 663. The topological polar surface area (TPSA) is 46.8 Å². The van der Waals surface area contributed by atoms with Gasteiger partial charge in [0, 0.05) is 37.3 Å². The fourth-order valence-electron chi connectivity index (χ4n) is 3.69. The predicted octanol–water partition coefficient (Wildman–Crippen LogP) is 2.31. The number of hydrogen-bond acceptors (Lipinski definition) is 4. The summed E-state index contributed by atoms with van der Waals surface area (Å²) < 4.78 is 2.34. The van der Waals surface area contributed by atoms with E-state index in [0.29, 0.717) is 5.92 Å². The van der Waals surface area contributed by atoms with Crippen LogP contribution in [0.15, 0.2) is 18.3 Å². The van der Waals surface area contributed by atoms with E-state index in [4.69, 9.17) is 0 Å². The summed E-state index contributed by atoms with van der Waals surface area (Å²) in [6.07, 6.45) is 6.72. The number of aryl methyl sites for hydroxylation is 2. The Morgan fingerprint density at radius 2 is 2.18 bits per heavy atom. The SMILES string of the molecule is Cc1ccnc(C2CCN(Cc3nnc4n3CCCC4)C2)c1. The Morgan fingerprint density at radius 1 is 1.23 bits per heavy atom. The Kier molecular flexibility index (Phi) is 3.66. The van der Waals surface area contributed by atoms with E-state index in [1.807, 2.05) is 6.20 Å². The van der Waals surface area contributed by atoms with Gasteiger partial charge in [-0.25, -0.2) is 0 Å². The zero-order valence-corrected chi connectivity index (χ0v) is 13.2. The van der Waals surface area contributed by atoms with Gasteiger partial charge in [-0.15, -0.1) is 10.2 Å². The van der Waals surface area contributed by atoms with Gasteiger partial charge in [-0.1, -0.05) is 0 Å². The van der Waals surface area contributed by atoms with Crippen molar-refractivity contribution < 1.29 is 0 Å². The molecule has 0 saturated carbocycles. The number of aromatic nitrogens is 4. The molecule has 2 aromatic heterocycles.